The highest BCUT2D eigenvalue weighted by molar-refractivity contribution is 8.00. The van der Waals surface area contributed by atoms with Crippen molar-refractivity contribution in [1.82, 2.24) is 9.97 Å². The molecule has 3 N–H and O–H groups in total. The van der Waals surface area contributed by atoms with Crippen molar-refractivity contribution in [3.63, 3.8) is 0 Å². The third-order valence-electron chi connectivity index (χ3n) is 4.94. The van der Waals surface area contributed by atoms with E-state index >= 15 is 0 Å². The molecule has 0 spiro atoms. The van der Waals surface area contributed by atoms with Gasteiger partial charge >= 0.3 is 0 Å². The number of pyridine rings is 1. The zero-order valence-electron chi connectivity index (χ0n) is 18.6. The van der Waals surface area contributed by atoms with E-state index in [0.717, 1.165) is 33.6 Å². The van der Waals surface area contributed by atoms with Crippen LogP contribution in [0, 0.1) is 22.7 Å². The SMILES string of the molecule is COc1cccc(-c2csc(NC(=O)C(C)Sc3nc(N)c(C#N)c(-c4cccs4)c3C#N)n2)c1. The Morgan fingerprint density at radius 3 is 2.66 bits per heavy atom. The predicted molar refractivity (Wildman–Crippen MR) is 139 cm³/mol. The fourth-order valence-electron chi connectivity index (χ4n) is 3.22. The van der Waals surface area contributed by atoms with Crippen LogP contribution in [0.1, 0.15) is 18.1 Å². The molecule has 0 aliphatic rings. The summed E-state index contributed by atoms with van der Waals surface area (Å²) in [5.74, 6) is 0.441. The fraction of sp³-hybridized carbons (Fsp3) is 0.125. The van der Waals surface area contributed by atoms with E-state index in [9.17, 15) is 15.3 Å². The Balaban J connectivity index is 1.55. The van der Waals surface area contributed by atoms with Gasteiger partial charge in [0, 0.05) is 21.4 Å². The minimum atomic E-state index is -0.609. The number of thiazole rings is 1. The van der Waals surface area contributed by atoms with Crippen LogP contribution in [0.5, 0.6) is 5.75 Å². The van der Waals surface area contributed by atoms with E-state index in [2.05, 4.69) is 27.4 Å². The van der Waals surface area contributed by atoms with Crippen molar-refractivity contribution in [2.24, 2.45) is 0 Å². The maximum atomic E-state index is 12.9. The van der Waals surface area contributed by atoms with Crippen LogP contribution in [0.15, 0.2) is 52.2 Å². The molecule has 0 aliphatic heterocycles. The number of nitriles is 2. The number of aromatic nitrogens is 2. The van der Waals surface area contributed by atoms with Gasteiger partial charge in [0.15, 0.2) is 5.13 Å². The quantitative estimate of drug-likeness (QED) is 0.311. The number of benzene rings is 1. The molecular formula is C24H18N6O2S3. The van der Waals surface area contributed by atoms with Crippen LogP contribution in [-0.2, 0) is 4.79 Å². The number of carbonyl (C=O) groups is 1. The number of methoxy groups -OCH3 is 1. The van der Waals surface area contributed by atoms with Gasteiger partial charge in [-0.2, -0.15) is 10.5 Å². The van der Waals surface area contributed by atoms with Crippen LogP contribution >= 0.6 is 34.4 Å². The summed E-state index contributed by atoms with van der Waals surface area (Å²) in [6.07, 6.45) is 0. The Bertz CT molecular complexity index is 1470. The fourth-order valence-corrected chi connectivity index (χ4v) is 5.65. The van der Waals surface area contributed by atoms with E-state index in [-0.39, 0.29) is 22.9 Å². The second kappa shape index (κ2) is 10.6. The largest absolute Gasteiger partial charge is 0.497 e. The maximum absolute atomic E-state index is 12.9. The van der Waals surface area contributed by atoms with E-state index in [1.54, 1.807) is 14.0 Å². The highest BCUT2D eigenvalue weighted by Gasteiger charge is 2.25. The van der Waals surface area contributed by atoms with E-state index in [4.69, 9.17) is 10.5 Å². The zero-order valence-corrected chi connectivity index (χ0v) is 21.1. The number of thioether (sulfide) groups is 1. The molecular weight excluding hydrogens is 501 g/mol. The molecule has 1 atom stereocenters. The van der Waals surface area contributed by atoms with Gasteiger partial charge in [-0.3, -0.25) is 4.79 Å². The molecule has 3 aromatic heterocycles. The van der Waals surface area contributed by atoms with E-state index in [1.165, 1.54) is 22.7 Å². The van der Waals surface area contributed by atoms with Crippen LogP contribution in [0.2, 0.25) is 0 Å². The lowest BCUT2D eigenvalue weighted by atomic mass is 10.0. The lowest BCUT2D eigenvalue weighted by Crippen LogP contribution is -2.22. The first-order valence-corrected chi connectivity index (χ1v) is 12.8. The summed E-state index contributed by atoms with van der Waals surface area (Å²) >= 11 is 3.81. The molecule has 0 fully saturated rings. The normalized spacial score (nSPS) is 11.3. The van der Waals surface area contributed by atoms with Crippen molar-refractivity contribution in [3.8, 4) is 39.6 Å². The molecule has 11 heteroatoms. The lowest BCUT2D eigenvalue weighted by Gasteiger charge is -2.14. The molecule has 174 valence electrons. The number of nitrogen functional groups attached to an aromatic ring is 1. The Labute approximate surface area is 214 Å². The van der Waals surface area contributed by atoms with Crippen molar-refractivity contribution in [2.75, 3.05) is 18.2 Å². The first-order valence-electron chi connectivity index (χ1n) is 10.2. The van der Waals surface area contributed by atoms with Gasteiger partial charge in [0.1, 0.15) is 34.3 Å². The molecule has 0 saturated heterocycles. The van der Waals surface area contributed by atoms with Gasteiger partial charge in [-0.25, -0.2) is 9.97 Å². The number of anilines is 2. The summed E-state index contributed by atoms with van der Waals surface area (Å²) in [7, 11) is 1.60. The smallest absolute Gasteiger partial charge is 0.239 e. The van der Waals surface area contributed by atoms with Crippen LogP contribution in [0.4, 0.5) is 10.9 Å². The van der Waals surface area contributed by atoms with Gasteiger partial charge in [0.25, 0.3) is 0 Å². The lowest BCUT2D eigenvalue weighted by molar-refractivity contribution is -0.115. The average molecular weight is 519 g/mol. The molecule has 0 radical (unpaired) electrons. The number of carbonyl (C=O) groups excluding carboxylic acids is 1. The third-order valence-corrected chi connectivity index (χ3v) is 7.67. The van der Waals surface area contributed by atoms with Gasteiger partial charge in [0.2, 0.25) is 5.91 Å². The van der Waals surface area contributed by atoms with E-state index in [1.807, 2.05) is 47.2 Å². The second-order valence-corrected chi connectivity index (χ2v) is 10.3. The van der Waals surface area contributed by atoms with Gasteiger partial charge in [0.05, 0.1) is 23.6 Å². The summed E-state index contributed by atoms with van der Waals surface area (Å²) in [6.45, 7) is 1.71. The number of nitrogens with zero attached hydrogens (tertiary/aromatic N) is 4. The number of nitrogens with one attached hydrogen (secondary N) is 1. The van der Waals surface area contributed by atoms with Gasteiger partial charge in [-0.1, -0.05) is 30.0 Å². The van der Waals surface area contributed by atoms with Crippen LogP contribution in [0.3, 0.4) is 0 Å². The Hall–Kier alpha value is -3.90. The minimum Gasteiger partial charge on any atom is -0.497 e. The Kier molecular flexibility index (Phi) is 7.32. The molecule has 8 nitrogen and oxygen atoms in total. The number of thiophene rings is 1. The van der Waals surface area contributed by atoms with Gasteiger partial charge in [-0.15, -0.1) is 22.7 Å². The molecule has 1 amide bonds. The average Bonchev–Trinajstić information content (AvgIpc) is 3.56. The number of nitrogens with two attached hydrogens (primary N) is 1. The van der Waals surface area contributed by atoms with Crippen LogP contribution < -0.4 is 15.8 Å². The summed E-state index contributed by atoms with van der Waals surface area (Å²) in [4.78, 5) is 22.4. The topological polar surface area (TPSA) is 138 Å². The molecule has 0 aliphatic carbocycles. The first-order chi connectivity index (χ1) is 16.9. The number of hydrogen-bond donors (Lipinski definition) is 2. The molecule has 35 heavy (non-hydrogen) atoms. The molecule has 4 rings (SSSR count). The zero-order chi connectivity index (χ0) is 24.9. The van der Waals surface area contributed by atoms with Crippen LogP contribution in [0.25, 0.3) is 21.7 Å². The molecule has 1 unspecified atom stereocenters. The Morgan fingerprint density at radius 2 is 1.97 bits per heavy atom. The molecule has 3 heterocycles. The van der Waals surface area contributed by atoms with Crippen molar-refractivity contribution < 1.29 is 9.53 Å². The van der Waals surface area contributed by atoms with Gasteiger partial charge in [-0.05, 0) is 30.5 Å². The molecule has 1 aromatic carbocycles. The van der Waals surface area contributed by atoms with Crippen molar-refractivity contribution in [3.05, 3.63) is 58.3 Å². The van der Waals surface area contributed by atoms with Crippen molar-refractivity contribution in [1.29, 1.82) is 10.5 Å². The standard InChI is InChI=1S/C24H18N6O2S3/c1-13(22(31)30-24-28-18(12-34-24)14-5-3-6-15(9-14)32-2)35-23-17(11-26)20(19-7-4-8-33-19)16(10-25)21(27)29-23/h3-9,12-13H,1-2H3,(H2,27,29)(H,28,30,31). The van der Waals surface area contributed by atoms with Crippen molar-refractivity contribution in [2.45, 2.75) is 17.2 Å². The summed E-state index contributed by atoms with van der Waals surface area (Å²) in [5.41, 5.74) is 8.45. The number of ether oxygens (including phenoxy) is 1. The van der Waals surface area contributed by atoms with Gasteiger partial charge < -0.3 is 15.8 Å². The summed E-state index contributed by atoms with van der Waals surface area (Å²) in [5, 5.41) is 26.1. The first kappa shape index (κ1) is 24.2. The number of hydrogen-bond acceptors (Lipinski definition) is 10. The summed E-state index contributed by atoms with van der Waals surface area (Å²) < 4.78 is 5.26. The van der Waals surface area contributed by atoms with Crippen molar-refractivity contribution >= 4 is 51.3 Å². The molecule has 0 bridgehead atoms. The highest BCUT2D eigenvalue weighted by atomic mass is 32.2. The summed E-state index contributed by atoms with van der Waals surface area (Å²) in [6, 6.07) is 15.3. The van der Waals surface area contributed by atoms with E-state index < -0.39 is 5.25 Å². The number of amides is 1. The minimum absolute atomic E-state index is 0.0212. The molecule has 4 aromatic rings. The highest BCUT2D eigenvalue weighted by Crippen LogP contribution is 2.39. The molecule has 0 saturated carbocycles. The second-order valence-electron chi connectivity index (χ2n) is 7.15. The Morgan fingerprint density at radius 1 is 1.17 bits per heavy atom. The maximum Gasteiger partial charge on any atom is 0.239 e. The van der Waals surface area contributed by atoms with Crippen LogP contribution in [-0.4, -0.2) is 28.2 Å². The monoisotopic (exact) mass is 518 g/mol. The number of rotatable bonds is 7. The van der Waals surface area contributed by atoms with E-state index in [0.29, 0.717) is 15.7 Å². The predicted octanol–water partition coefficient (Wildman–Crippen LogP) is 5.39. The third kappa shape index (κ3) is 5.12.